The van der Waals surface area contributed by atoms with Crippen LogP contribution in [-0.2, 0) is 6.54 Å². The van der Waals surface area contributed by atoms with Crippen LogP contribution in [0.3, 0.4) is 0 Å². The van der Waals surface area contributed by atoms with E-state index in [2.05, 4.69) is 4.98 Å². The number of halogens is 2. The van der Waals surface area contributed by atoms with Gasteiger partial charge in [-0.05, 0) is 18.7 Å². The summed E-state index contributed by atoms with van der Waals surface area (Å²) in [6.45, 7) is 0.224. The fourth-order valence-electron chi connectivity index (χ4n) is 1.14. The Hall–Kier alpha value is -1.23. The van der Waals surface area contributed by atoms with Gasteiger partial charge in [-0.25, -0.2) is 13.8 Å². The zero-order valence-corrected chi connectivity index (χ0v) is 7.95. The summed E-state index contributed by atoms with van der Waals surface area (Å²) < 4.78 is 23.9. The highest BCUT2D eigenvalue weighted by atomic mass is 19.3. The van der Waals surface area contributed by atoms with E-state index in [0.717, 1.165) is 5.56 Å². The minimum atomic E-state index is -2.30. The molecule has 0 fully saturated rings. The van der Waals surface area contributed by atoms with Crippen molar-refractivity contribution in [3.05, 3.63) is 23.9 Å². The van der Waals surface area contributed by atoms with E-state index in [4.69, 9.17) is 5.73 Å². The Bertz CT molecular complexity index is 274. The molecule has 0 saturated carbocycles. The van der Waals surface area contributed by atoms with Crippen molar-refractivity contribution < 1.29 is 8.78 Å². The molecule has 0 saturated heterocycles. The summed E-state index contributed by atoms with van der Waals surface area (Å²) in [7, 11) is 1.64. The van der Waals surface area contributed by atoms with Crippen LogP contribution in [-0.4, -0.2) is 29.9 Å². The molecule has 0 atom stereocenters. The Morgan fingerprint density at radius 1 is 1.50 bits per heavy atom. The maximum Gasteiger partial charge on any atom is 0.251 e. The lowest BCUT2D eigenvalue weighted by Gasteiger charge is -2.15. The number of nitrogens with two attached hydrogens (primary N) is 1. The molecular weight excluding hydrogens is 188 g/mol. The summed E-state index contributed by atoms with van der Waals surface area (Å²) in [5, 5.41) is 0. The summed E-state index contributed by atoms with van der Waals surface area (Å²) in [4.78, 5) is 5.41. The van der Waals surface area contributed by atoms with Gasteiger partial charge in [-0.15, -0.1) is 0 Å². The van der Waals surface area contributed by atoms with Crippen LogP contribution in [0.1, 0.15) is 5.56 Å². The normalized spacial score (nSPS) is 11.2. The number of aromatic nitrogens is 1. The van der Waals surface area contributed by atoms with E-state index in [1.165, 1.54) is 4.90 Å². The number of rotatable bonds is 4. The maximum absolute atomic E-state index is 12.0. The Morgan fingerprint density at radius 3 is 2.71 bits per heavy atom. The lowest BCUT2D eigenvalue weighted by atomic mass is 10.2. The van der Waals surface area contributed by atoms with Crippen molar-refractivity contribution in [2.24, 2.45) is 0 Å². The topological polar surface area (TPSA) is 42.1 Å². The Balaban J connectivity index is 2.47. The van der Waals surface area contributed by atoms with Crippen molar-refractivity contribution in [1.29, 1.82) is 0 Å². The van der Waals surface area contributed by atoms with Crippen LogP contribution in [0.5, 0.6) is 0 Å². The van der Waals surface area contributed by atoms with Crippen molar-refractivity contribution >= 4 is 5.82 Å². The van der Waals surface area contributed by atoms with Gasteiger partial charge in [0.25, 0.3) is 6.43 Å². The first-order valence-corrected chi connectivity index (χ1v) is 4.25. The van der Waals surface area contributed by atoms with Crippen LogP contribution < -0.4 is 5.73 Å². The molecule has 0 spiro atoms. The molecule has 0 radical (unpaired) electrons. The summed E-state index contributed by atoms with van der Waals surface area (Å²) in [5.41, 5.74) is 6.27. The Kier molecular flexibility index (Phi) is 3.76. The van der Waals surface area contributed by atoms with Gasteiger partial charge in [-0.3, -0.25) is 4.90 Å². The number of nitrogen functional groups attached to an aromatic ring is 1. The van der Waals surface area contributed by atoms with Crippen molar-refractivity contribution in [2.75, 3.05) is 19.3 Å². The summed E-state index contributed by atoms with van der Waals surface area (Å²) in [6, 6.07) is 3.44. The second-order valence-electron chi connectivity index (χ2n) is 3.18. The van der Waals surface area contributed by atoms with E-state index in [0.29, 0.717) is 12.4 Å². The van der Waals surface area contributed by atoms with Crippen molar-refractivity contribution in [1.82, 2.24) is 9.88 Å². The summed E-state index contributed by atoms with van der Waals surface area (Å²) in [5.74, 6) is 0.435. The highest BCUT2D eigenvalue weighted by Gasteiger charge is 2.07. The lowest BCUT2D eigenvalue weighted by molar-refractivity contribution is 0.0975. The number of hydrogen-bond donors (Lipinski definition) is 1. The molecule has 0 unspecified atom stereocenters. The van der Waals surface area contributed by atoms with Crippen molar-refractivity contribution in [3.63, 3.8) is 0 Å². The van der Waals surface area contributed by atoms with E-state index in [9.17, 15) is 8.78 Å². The van der Waals surface area contributed by atoms with Gasteiger partial charge < -0.3 is 5.73 Å². The number of anilines is 1. The molecule has 2 N–H and O–H groups in total. The minimum Gasteiger partial charge on any atom is -0.384 e. The van der Waals surface area contributed by atoms with E-state index in [1.54, 1.807) is 25.4 Å². The molecule has 0 bridgehead atoms. The molecule has 78 valence electrons. The molecule has 0 aliphatic rings. The van der Waals surface area contributed by atoms with E-state index < -0.39 is 6.43 Å². The first-order chi connectivity index (χ1) is 6.58. The van der Waals surface area contributed by atoms with Gasteiger partial charge in [-0.2, -0.15) is 0 Å². The third-order valence-corrected chi connectivity index (χ3v) is 1.75. The first-order valence-electron chi connectivity index (χ1n) is 4.25. The highest BCUT2D eigenvalue weighted by molar-refractivity contribution is 5.29. The SMILES string of the molecule is CN(Cc1ccc(N)nc1)CC(F)F. The predicted octanol–water partition coefficient (Wildman–Crippen LogP) is 1.36. The van der Waals surface area contributed by atoms with Crippen LogP contribution in [0.4, 0.5) is 14.6 Å². The zero-order chi connectivity index (χ0) is 10.6. The summed E-state index contributed by atoms with van der Waals surface area (Å²) >= 11 is 0. The van der Waals surface area contributed by atoms with E-state index in [-0.39, 0.29) is 6.54 Å². The second kappa shape index (κ2) is 4.85. The van der Waals surface area contributed by atoms with Gasteiger partial charge in [0, 0.05) is 12.7 Å². The van der Waals surface area contributed by atoms with Crippen LogP contribution >= 0.6 is 0 Å². The van der Waals surface area contributed by atoms with Crippen molar-refractivity contribution in [2.45, 2.75) is 13.0 Å². The zero-order valence-electron chi connectivity index (χ0n) is 7.95. The standard InChI is InChI=1S/C9H13F2N3/c1-14(6-8(10)11)5-7-2-3-9(12)13-4-7/h2-4,8H,5-6H2,1H3,(H2,12,13). The van der Waals surface area contributed by atoms with Crippen LogP contribution in [0.15, 0.2) is 18.3 Å². The largest absolute Gasteiger partial charge is 0.384 e. The van der Waals surface area contributed by atoms with Gasteiger partial charge in [-0.1, -0.05) is 6.07 Å². The Morgan fingerprint density at radius 2 is 2.21 bits per heavy atom. The molecule has 0 aliphatic heterocycles. The molecule has 0 aliphatic carbocycles. The quantitative estimate of drug-likeness (QED) is 0.799. The van der Waals surface area contributed by atoms with Crippen LogP contribution in [0, 0.1) is 0 Å². The van der Waals surface area contributed by atoms with Gasteiger partial charge in [0.1, 0.15) is 5.82 Å². The fraction of sp³-hybridized carbons (Fsp3) is 0.444. The van der Waals surface area contributed by atoms with Gasteiger partial charge in [0.2, 0.25) is 0 Å². The predicted molar refractivity (Wildman–Crippen MR) is 51.0 cm³/mol. The molecule has 5 heteroatoms. The van der Waals surface area contributed by atoms with E-state index in [1.807, 2.05) is 0 Å². The monoisotopic (exact) mass is 201 g/mol. The van der Waals surface area contributed by atoms with E-state index >= 15 is 0 Å². The molecule has 0 amide bonds. The number of nitrogens with zero attached hydrogens (tertiary/aromatic N) is 2. The van der Waals surface area contributed by atoms with Crippen LogP contribution in [0.2, 0.25) is 0 Å². The second-order valence-corrected chi connectivity index (χ2v) is 3.18. The molecule has 1 heterocycles. The number of hydrogen-bond acceptors (Lipinski definition) is 3. The molecular formula is C9H13F2N3. The third-order valence-electron chi connectivity index (χ3n) is 1.75. The first kappa shape index (κ1) is 10.8. The van der Waals surface area contributed by atoms with Gasteiger partial charge in [0.15, 0.2) is 0 Å². The molecule has 1 aromatic rings. The minimum absolute atomic E-state index is 0.232. The fourth-order valence-corrected chi connectivity index (χ4v) is 1.14. The average Bonchev–Trinajstić information content (AvgIpc) is 2.07. The lowest BCUT2D eigenvalue weighted by Crippen LogP contribution is -2.24. The molecule has 1 rings (SSSR count). The molecule has 3 nitrogen and oxygen atoms in total. The average molecular weight is 201 g/mol. The highest BCUT2D eigenvalue weighted by Crippen LogP contribution is 2.05. The number of alkyl halides is 2. The summed E-state index contributed by atoms with van der Waals surface area (Å²) in [6.07, 6.45) is -0.709. The van der Waals surface area contributed by atoms with Crippen molar-refractivity contribution in [3.8, 4) is 0 Å². The van der Waals surface area contributed by atoms with Gasteiger partial charge >= 0.3 is 0 Å². The molecule has 14 heavy (non-hydrogen) atoms. The number of pyridine rings is 1. The Labute approximate surface area is 81.5 Å². The third kappa shape index (κ3) is 3.66. The maximum atomic E-state index is 12.0. The van der Waals surface area contributed by atoms with Gasteiger partial charge in [0.05, 0.1) is 6.54 Å². The molecule has 0 aromatic carbocycles. The molecule has 1 aromatic heterocycles. The smallest absolute Gasteiger partial charge is 0.251 e. The van der Waals surface area contributed by atoms with Crippen LogP contribution in [0.25, 0.3) is 0 Å².